The Morgan fingerprint density at radius 3 is 2.74 bits per heavy atom. The standard InChI is InChI=1S/C20H23NO2/c1-2-9-21-10-8-14-11-17(22)20(23)19-15(12-16(21)18(14)19)13-6-4-3-5-7-13/h2-7,11,14-16,18,22-23H,1,8-10,12H2. The lowest BCUT2D eigenvalue weighted by atomic mass is 9.74. The fourth-order valence-corrected chi connectivity index (χ4v) is 4.84. The molecule has 23 heavy (non-hydrogen) atoms. The van der Waals surface area contributed by atoms with E-state index in [0.29, 0.717) is 17.9 Å². The van der Waals surface area contributed by atoms with Crippen LogP contribution in [0.15, 0.2) is 66.2 Å². The molecule has 4 atom stereocenters. The molecule has 1 heterocycles. The Morgan fingerprint density at radius 1 is 1.22 bits per heavy atom. The molecule has 0 radical (unpaired) electrons. The maximum Gasteiger partial charge on any atom is 0.157 e. The molecule has 1 aromatic rings. The minimum absolute atomic E-state index is 0.0694. The summed E-state index contributed by atoms with van der Waals surface area (Å²) in [7, 11) is 0. The lowest BCUT2D eigenvalue weighted by molar-refractivity contribution is 0.103. The normalized spacial score (nSPS) is 33.3. The molecular weight excluding hydrogens is 286 g/mol. The van der Waals surface area contributed by atoms with Gasteiger partial charge in [0.25, 0.3) is 0 Å². The molecule has 2 aliphatic carbocycles. The summed E-state index contributed by atoms with van der Waals surface area (Å²) in [6, 6.07) is 10.8. The van der Waals surface area contributed by atoms with Crippen molar-refractivity contribution in [1.82, 2.24) is 4.90 Å². The van der Waals surface area contributed by atoms with Crippen molar-refractivity contribution in [3.8, 4) is 0 Å². The van der Waals surface area contributed by atoms with Crippen molar-refractivity contribution >= 4 is 0 Å². The smallest absolute Gasteiger partial charge is 0.157 e. The van der Waals surface area contributed by atoms with Crippen molar-refractivity contribution in [2.75, 3.05) is 13.1 Å². The molecule has 4 rings (SSSR count). The van der Waals surface area contributed by atoms with Gasteiger partial charge >= 0.3 is 0 Å². The summed E-state index contributed by atoms with van der Waals surface area (Å²) in [4.78, 5) is 2.49. The zero-order chi connectivity index (χ0) is 16.0. The quantitative estimate of drug-likeness (QED) is 0.831. The number of hydrogen-bond donors (Lipinski definition) is 2. The van der Waals surface area contributed by atoms with Crippen molar-refractivity contribution in [2.45, 2.75) is 24.8 Å². The molecule has 1 saturated carbocycles. The first-order valence-corrected chi connectivity index (χ1v) is 8.44. The Bertz CT molecular complexity index is 676. The molecule has 1 aliphatic heterocycles. The van der Waals surface area contributed by atoms with Gasteiger partial charge in [-0.2, -0.15) is 0 Å². The summed E-state index contributed by atoms with van der Waals surface area (Å²) in [5.41, 5.74) is 2.27. The monoisotopic (exact) mass is 309 g/mol. The van der Waals surface area contributed by atoms with Crippen LogP contribution < -0.4 is 0 Å². The van der Waals surface area contributed by atoms with Crippen LogP contribution >= 0.6 is 0 Å². The van der Waals surface area contributed by atoms with E-state index in [1.807, 2.05) is 30.4 Å². The fourth-order valence-electron chi connectivity index (χ4n) is 4.84. The lowest BCUT2D eigenvalue weighted by Crippen LogP contribution is -2.47. The van der Waals surface area contributed by atoms with E-state index in [1.165, 1.54) is 5.56 Å². The maximum absolute atomic E-state index is 10.6. The molecule has 3 nitrogen and oxygen atoms in total. The van der Waals surface area contributed by atoms with Crippen LogP contribution in [0.3, 0.4) is 0 Å². The summed E-state index contributed by atoms with van der Waals surface area (Å²) < 4.78 is 0. The highest BCUT2D eigenvalue weighted by molar-refractivity contribution is 5.45. The molecule has 0 aromatic heterocycles. The van der Waals surface area contributed by atoms with Crippen LogP contribution in [0, 0.1) is 11.8 Å². The van der Waals surface area contributed by atoms with Crippen molar-refractivity contribution in [1.29, 1.82) is 0 Å². The van der Waals surface area contributed by atoms with Gasteiger partial charge in [-0.15, -0.1) is 6.58 Å². The number of likely N-dealkylation sites (tertiary alicyclic amines) is 1. The zero-order valence-corrected chi connectivity index (χ0v) is 13.2. The predicted molar refractivity (Wildman–Crippen MR) is 91.3 cm³/mol. The Balaban J connectivity index is 1.80. The highest BCUT2D eigenvalue weighted by Crippen LogP contribution is 2.54. The van der Waals surface area contributed by atoms with Gasteiger partial charge in [-0.05, 0) is 42.5 Å². The zero-order valence-electron chi connectivity index (χ0n) is 13.2. The van der Waals surface area contributed by atoms with Crippen molar-refractivity contribution < 1.29 is 10.2 Å². The van der Waals surface area contributed by atoms with Gasteiger partial charge in [0.05, 0.1) is 0 Å². The highest BCUT2D eigenvalue weighted by atomic mass is 16.3. The number of hydrogen-bond acceptors (Lipinski definition) is 3. The van der Waals surface area contributed by atoms with E-state index in [0.717, 1.165) is 31.5 Å². The second-order valence-corrected chi connectivity index (χ2v) is 6.88. The fraction of sp³-hybridized carbons (Fsp3) is 0.400. The molecule has 120 valence electrons. The van der Waals surface area contributed by atoms with Gasteiger partial charge in [0.2, 0.25) is 0 Å². The van der Waals surface area contributed by atoms with Crippen LogP contribution in [-0.2, 0) is 0 Å². The van der Waals surface area contributed by atoms with E-state index >= 15 is 0 Å². The van der Waals surface area contributed by atoms with Crippen molar-refractivity contribution in [3.63, 3.8) is 0 Å². The number of piperidine rings is 1. The van der Waals surface area contributed by atoms with Crippen LogP contribution in [0.1, 0.15) is 24.3 Å². The molecule has 2 fully saturated rings. The summed E-state index contributed by atoms with van der Waals surface area (Å²) in [5.74, 6) is 1.02. The van der Waals surface area contributed by atoms with E-state index in [4.69, 9.17) is 0 Å². The van der Waals surface area contributed by atoms with Crippen molar-refractivity contribution in [2.24, 2.45) is 11.8 Å². The molecule has 0 spiro atoms. The average molecular weight is 309 g/mol. The molecule has 3 heteroatoms. The molecule has 4 unspecified atom stereocenters. The third-order valence-corrected chi connectivity index (χ3v) is 5.76. The highest BCUT2D eigenvalue weighted by Gasteiger charge is 2.50. The molecule has 1 aromatic carbocycles. The van der Waals surface area contributed by atoms with Crippen LogP contribution in [-0.4, -0.2) is 34.2 Å². The number of aliphatic hydroxyl groups excluding tert-OH is 2. The molecule has 1 saturated heterocycles. The van der Waals surface area contributed by atoms with Gasteiger partial charge in [0.15, 0.2) is 11.5 Å². The minimum Gasteiger partial charge on any atom is -0.504 e. The summed E-state index contributed by atoms with van der Waals surface area (Å²) >= 11 is 0. The van der Waals surface area contributed by atoms with E-state index in [1.54, 1.807) is 0 Å². The second-order valence-electron chi connectivity index (χ2n) is 6.88. The average Bonchev–Trinajstić information content (AvgIpc) is 2.98. The van der Waals surface area contributed by atoms with E-state index in [2.05, 4.69) is 23.6 Å². The number of benzene rings is 1. The summed E-state index contributed by atoms with van der Waals surface area (Å²) in [6.45, 7) is 5.80. The van der Waals surface area contributed by atoms with Crippen LogP contribution in [0.25, 0.3) is 0 Å². The Hall–Kier alpha value is -2.00. The van der Waals surface area contributed by atoms with Crippen LogP contribution in [0.5, 0.6) is 0 Å². The molecular formula is C20H23NO2. The minimum atomic E-state index is 0.0694. The third kappa shape index (κ3) is 2.22. The Kier molecular flexibility index (Phi) is 3.53. The lowest BCUT2D eigenvalue weighted by Gasteiger charge is -2.42. The topological polar surface area (TPSA) is 43.7 Å². The van der Waals surface area contributed by atoms with Crippen molar-refractivity contribution in [3.05, 3.63) is 71.7 Å². The largest absolute Gasteiger partial charge is 0.504 e. The van der Waals surface area contributed by atoms with E-state index in [-0.39, 0.29) is 17.4 Å². The summed E-state index contributed by atoms with van der Waals surface area (Å²) in [5, 5.41) is 20.8. The van der Waals surface area contributed by atoms with Gasteiger partial charge < -0.3 is 10.2 Å². The number of nitrogens with zero attached hydrogens (tertiary/aromatic N) is 1. The van der Waals surface area contributed by atoms with Crippen LogP contribution in [0.4, 0.5) is 0 Å². The summed E-state index contributed by atoms with van der Waals surface area (Å²) in [6.07, 6.45) is 5.86. The van der Waals surface area contributed by atoms with Crippen LogP contribution in [0.2, 0.25) is 0 Å². The number of aliphatic hydroxyl groups is 2. The van der Waals surface area contributed by atoms with Gasteiger partial charge in [-0.3, -0.25) is 4.90 Å². The Morgan fingerprint density at radius 2 is 2.00 bits per heavy atom. The first-order chi connectivity index (χ1) is 11.2. The maximum atomic E-state index is 10.6. The first-order valence-electron chi connectivity index (χ1n) is 8.44. The van der Waals surface area contributed by atoms with E-state index in [9.17, 15) is 10.2 Å². The number of rotatable bonds is 3. The first kappa shape index (κ1) is 14.6. The van der Waals surface area contributed by atoms with Gasteiger partial charge in [0.1, 0.15) is 0 Å². The molecule has 3 aliphatic rings. The van der Waals surface area contributed by atoms with Gasteiger partial charge in [-0.1, -0.05) is 36.4 Å². The van der Waals surface area contributed by atoms with E-state index < -0.39 is 0 Å². The second kappa shape index (κ2) is 5.57. The SMILES string of the molecule is C=CCN1CCC2C=C(O)C(O)=C3C(c4ccccc4)CC1C32. The molecule has 0 amide bonds. The third-order valence-electron chi connectivity index (χ3n) is 5.76. The Labute approximate surface area is 137 Å². The predicted octanol–water partition coefficient (Wildman–Crippen LogP) is 3.93. The van der Waals surface area contributed by atoms with Gasteiger partial charge in [-0.25, -0.2) is 0 Å². The molecule has 2 N–H and O–H groups in total. The van der Waals surface area contributed by atoms with Gasteiger partial charge in [0, 0.05) is 24.4 Å². The number of allylic oxidation sites excluding steroid dienone is 1. The molecule has 0 bridgehead atoms.